The molecule has 19 heavy (non-hydrogen) atoms. The predicted octanol–water partition coefficient (Wildman–Crippen LogP) is 2.85. The molecule has 0 spiro atoms. The van der Waals surface area contributed by atoms with Crippen molar-refractivity contribution in [2.45, 2.75) is 59.0 Å². The van der Waals surface area contributed by atoms with Crippen LogP contribution in [-0.2, 0) is 0 Å². The normalized spacial score (nSPS) is 13.1. The number of aromatic nitrogens is 1. The highest BCUT2D eigenvalue weighted by atomic mass is 32.1. The molecule has 5 nitrogen and oxygen atoms in total. The third-order valence-electron chi connectivity index (χ3n) is 2.44. The van der Waals surface area contributed by atoms with Gasteiger partial charge in [-0.1, -0.05) is 24.7 Å². The standard InChI is InChI=1S/C13H24N4OS/c1-6-7-8(2)15-11(18)9-10(14)16-12(19-9)17-13(3,4)5/h8H,6-7,14H2,1-5H3,(H,15,18)(H,16,17). The molecule has 1 amide bonds. The Balaban J connectivity index is 2.75. The van der Waals surface area contributed by atoms with Crippen molar-refractivity contribution in [1.82, 2.24) is 10.3 Å². The van der Waals surface area contributed by atoms with Gasteiger partial charge in [0.1, 0.15) is 10.7 Å². The molecule has 1 aromatic heterocycles. The number of amides is 1. The highest BCUT2D eigenvalue weighted by Crippen LogP contribution is 2.27. The summed E-state index contributed by atoms with van der Waals surface area (Å²) in [4.78, 5) is 16.8. The zero-order valence-corrected chi connectivity index (χ0v) is 13.1. The van der Waals surface area contributed by atoms with E-state index >= 15 is 0 Å². The van der Waals surface area contributed by atoms with E-state index in [1.165, 1.54) is 11.3 Å². The number of nitrogen functional groups attached to an aromatic ring is 1. The quantitative estimate of drug-likeness (QED) is 0.776. The highest BCUT2D eigenvalue weighted by molar-refractivity contribution is 7.18. The van der Waals surface area contributed by atoms with Crippen LogP contribution in [0.4, 0.5) is 10.9 Å². The van der Waals surface area contributed by atoms with Crippen LogP contribution in [0.25, 0.3) is 0 Å². The molecule has 0 fully saturated rings. The Hall–Kier alpha value is -1.30. The van der Waals surface area contributed by atoms with Gasteiger partial charge in [-0.05, 0) is 34.1 Å². The molecule has 0 bridgehead atoms. The molecular formula is C13H24N4OS. The van der Waals surface area contributed by atoms with Crippen molar-refractivity contribution in [3.05, 3.63) is 4.88 Å². The Kier molecular flexibility index (Phi) is 5.17. The minimum Gasteiger partial charge on any atom is -0.382 e. The number of rotatable bonds is 5. The van der Waals surface area contributed by atoms with Gasteiger partial charge in [0, 0.05) is 11.6 Å². The van der Waals surface area contributed by atoms with Crippen LogP contribution in [0.2, 0.25) is 0 Å². The molecule has 0 aliphatic carbocycles. The smallest absolute Gasteiger partial charge is 0.265 e. The van der Waals surface area contributed by atoms with Gasteiger partial charge >= 0.3 is 0 Å². The highest BCUT2D eigenvalue weighted by Gasteiger charge is 2.20. The van der Waals surface area contributed by atoms with E-state index in [0.29, 0.717) is 10.0 Å². The molecule has 1 aromatic rings. The van der Waals surface area contributed by atoms with E-state index in [-0.39, 0.29) is 23.3 Å². The average molecular weight is 284 g/mol. The lowest BCUT2D eigenvalue weighted by Crippen LogP contribution is -2.32. The van der Waals surface area contributed by atoms with Crippen LogP contribution in [0.5, 0.6) is 0 Å². The average Bonchev–Trinajstić information content (AvgIpc) is 2.56. The van der Waals surface area contributed by atoms with Gasteiger partial charge in [0.15, 0.2) is 5.13 Å². The zero-order valence-electron chi connectivity index (χ0n) is 12.3. The number of hydrogen-bond acceptors (Lipinski definition) is 5. The number of nitrogens with two attached hydrogens (primary N) is 1. The molecule has 1 atom stereocenters. The fourth-order valence-corrected chi connectivity index (χ4v) is 2.66. The minimum atomic E-state index is -0.141. The molecule has 1 rings (SSSR count). The lowest BCUT2D eigenvalue weighted by molar-refractivity contribution is 0.0943. The topological polar surface area (TPSA) is 80.0 Å². The molecular weight excluding hydrogens is 260 g/mol. The number of nitrogens with zero attached hydrogens (tertiary/aromatic N) is 1. The van der Waals surface area contributed by atoms with E-state index in [0.717, 1.165) is 12.8 Å². The van der Waals surface area contributed by atoms with Crippen molar-refractivity contribution in [2.75, 3.05) is 11.1 Å². The summed E-state index contributed by atoms with van der Waals surface area (Å²) in [6.07, 6.45) is 1.99. The number of anilines is 2. The number of carbonyl (C=O) groups is 1. The third kappa shape index (κ3) is 5.06. The maximum atomic E-state index is 12.1. The van der Waals surface area contributed by atoms with E-state index < -0.39 is 0 Å². The van der Waals surface area contributed by atoms with Gasteiger partial charge in [-0.25, -0.2) is 4.98 Å². The van der Waals surface area contributed by atoms with Gasteiger partial charge in [0.2, 0.25) is 0 Å². The fourth-order valence-electron chi connectivity index (χ4n) is 1.66. The number of nitrogens with one attached hydrogen (secondary N) is 2. The summed E-state index contributed by atoms with van der Waals surface area (Å²) in [6.45, 7) is 10.2. The van der Waals surface area contributed by atoms with Crippen LogP contribution in [0.1, 0.15) is 57.1 Å². The second-order valence-electron chi connectivity index (χ2n) is 5.77. The fraction of sp³-hybridized carbons (Fsp3) is 0.692. The Bertz CT molecular complexity index is 436. The first-order valence-corrected chi connectivity index (χ1v) is 7.40. The second-order valence-corrected chi connectivity index (χ2v) is 6.77. The molecule has 1 heterocycles. The summed E-state index contributed by atoms with van der Waals surface area (Å²) in [5.41, 5.74) is 5.71. The second kappa shape index (κ2) is 6.23. The summed E-state index contributed by atoms with van der Waals surface area (Å²) in [5.74, 6) is 0.149. The number of thiazole rings is 1. The van der Waals surface area contributed by atoms with Crippen molar-refractivity contribution >= 4 is 28.2 Å². The van der Waals surface area contributed by atoms with Gasteiger partial charge < -0.3 is 16.4 Å². The van der Waals surface area contributed by atoms with Crippen LogP contribution in [-0.4, -0.2) is 22.5 Å². The van der Waals surface area contributed by atoms with Crippen molar-refractivity contribution in [3.63, 3.8) is 0 Å². The number of hydrogen-bond donors (Lipinski definition) is 3. The van der Waals surface area contributed by atoms with Gasteiger partial charge in [0.05, 0.1) is 0 Å². The largest absolute Gasteiger partial charge is 0.382 e. The maximum Gasteiger partial charge on any atom is 0.265 e. The number of carbonyl (C=O) groups excluding carboxylic acids is 1. The Morgan fingerprint density at radius 2 is 2.11 bits per heavy atom. The molecule has 6 heteroatoms. The third-order valence-corrected chi connectivity index (χ3v) is 3.43. The van der Waals surface area contributed by atoms with E-state index in [2.05, 4.69) is 22.5 Å². The molecule has 108 valence electrons. The Labute approximate surface area is 119 Å². The monoisotopic (exact) mass is 284 g/mol. The Morgan fingerprint density at radius 3 is 2.63 bits per heavy atom. The maximum absolute atomic E-state index is 12.1. The molecule has 0 aromatic carbocycles. The molecule has 0 saturated heterocycles. The van der Waals surface area contributed by atoms with Crippen LogP contribution in [0.15, 0.2) is 0 Å². The van der Waals surface area contributed by atoms with E-state index in [1.54, 1.807) is 0 Å². The predicted molar refractivity (Wildman–Crippen MR) is 81.7 cm³/mol. The van der Waals surface area contributed by atoms with Gasteiger partial charge in [-0.2, -0.15) is 0 Å². The molecule has 4 N–H and O–H groups in total. The summed E-state index contributed by atoms with van der Waals surface area (Å²) in [5, 5.41) is 6.84. The van der Waals surface area contributed by atoms with Crippen LogP contribution >= 0.6 is 11.3 Å². The summed E-state index contributed by atoms with van der Waals surface area (Å²) in [7, 11) is 0. The molecule has 0 saturated carbocycles. The first kappa shape index (κ1) is 15.8. The van der Waals surface area contributed by atoms with Crippen LogP contribution < -0.4 is 16.4 Å². The van der Waals surface area contributed by atoms with Crippen molar-refractivity contribution in [2.24, 2.45) is 0 Å². The van der Waals surface area contributed by atoms with Crippen molar-refractivity contribution in [1.29, 1.82) is 0 Å². The SMILES string of the molecule is CCCC(C)NC(=O)c1sc(NC(C)(C)C)nc1N. The summed E-state index contributed by atoms with van der Waals surface area (Å²) < 4.78 is 0. The van der Waals surface area contributed by atoms with E-state index in [1.807, 2.05) is 27.7 Å². The van der Waals surface area contributed by atoms with E-state index in [4.69, 9.17) is 5.73 Å². The lowest BCUT2D eigenvalue weighted by atomic mass is 10.1. The van der Waals surface area contributed by atoms with E-state index in [9.17, 15) is 4.79 Å². The van der Waals surface area contributed by atoms with Crippen molar-refractivity contribution < 1.29 is 4.79 Å². The lowest BCUT2D eigenvalue weighted by Gasteiger charge is -2.19. The summed E-state index contributed by atoms with van der Waals surface area (Å²) in [6, 6.07) is 0.151. The first-order chi connectivity index (χ1) is 8.73. The zero-order chi connectivity index (χ0) is 14.6. The van der Waals surface area contributed by atoms with Crippen molar-refractivity contribution in [3.8, 4) is 0 Å². The first-order valence-electron chi connectivity index (χ1n) is 6.58. The summed E-state index contributed by atoms with van der Waals surface area (Å²) >= 11 is 1.30. The minimum absolute atomic E-state index is 0.104. The Morgan fingerprint density at radius 1 is 1.47 bits per heavy atom. The van der Waals surface area contributed by atoms with Crippen LogP contribution in [0, 0.1) is 0 Å². The molecule has 0 radical (unpaired) electrons. The van der Waals surface area contributed by atoms with Gasteiger partial charge in [-0.3, -0.25) is 4.79 Å². The molecule has 0 aliphatic rings. The molecule has 1 unspecified atom stereocenters. The van der Waals surface area contributed by atoms with Crippen LogP contribution in [0.3, 0.4) is 0 Å². The van der Waals surface area contributed by atoms with Gasteiger partial charge in [-0.15, -0.1) is 0 Å². The van der Waals surface area contributed by atoms with Gasteiger partial charge in [0.25, 0.3) is 5.91 Å². The molecule has 0 aliphatic heterocycles.